The molecule has 10 heteroatoms. The summed E-state index contributed by atoms with van der Waals surface area (Å²) in [5.41, 5.74) is 3.51. The largest absolute Gasteiger partial charge is 0.441 e. The number of rotatable bonds is 7. The number of sulfonamides is 1. The summed E-state index contributed by atoms with van der Waals surface area (Å²) in [5.74, 6) is 0.201. The molecule has 1 N–H and O–H groups in total. The van der Waals surface area contributed by atoms with E-state index in [4.69, 9.17) is 4.42 Å². The van der Waals surface area contributed by atoms with Gasteiger partial charge in [-0.25, -0.2) is 13.4 Å². The van der Waals surface area contributed by atoms with Crippen molar-refractivity contribution in [3.63, 3.8) is 0 Å². The number of amides is 2. The van der Waals surface area contributed by atoms with Crippen LogP contribution < -0.4 is 5.32 Å². The maximum absolute atomic E-state index is 13.1. The van der Waals surface area contributed by atoms with E-state index in [2.05, 4.69) is 10.3 Å². The molecule has 0 bridgehead atoms. The molecule has 2 aromatic carbocycles. The van der Waals surface area contributed by atoms with Crippen LogP contribution in [0.4, 0.5) is 5.69 Å². The van der Waals surface area contributed by atoms with Gasteiger partial charge in [-0.2, -0.15) is 4.31 Å². The second-order valence-electron chi connectivity index (χ2n) is 8.75. The molecule has 0 saturated carbocycles. The van der Waals surface area contributed by atoms with E-state index in [1.807, 2.05) is 19.9 Å². The third-order valence-electron chi connectivity index (χ3n) is 6.14. The van der Waals surface area contributed by atoms with E-state index in [0.717, 1.165) is 5.56 Å². The maximum Gasteiger partial charge on any atom is 0.243 e. The van der Waals surface area contributed by atoms with Crippen LogP contribution in [-0.2, 0) is 26.0 Å². The lowest BCUT2D eigenvalue weighted by molar-refractivity contribution is -0.133. The number of aromatic nitrogens is 1. The van der Waals surface area contributed by atoms with E-state index in [1.54, 1.807) is 42.2 Å². The quantitative estimate of drug-likeness (QED) is 0.535. The Balaban J connectivity index is 1.28. The first-order valence-electron chi connectivity index (χ1n) is 11.7. The first kappa shape index (κ1) is 24.9. The van der Waals surface area contributed by atoms with E-state index in [1.165, 1.54) is 4.31 Å². The Labute approximate surface area is 205 Å². The fourth-order valence-electron chi connectivity index (χ4n) is 4.11. The molecule has 0 spiro atoms. The standard InChI is InChI=1S/C25H30N4O5S/c1-4-24-27-20-16-19(7-8-21(20)34-24)26-23(30)9-10-25(31)28-11-13-29(14-12-28)35(32,33)22-15-17(2)5-6-18(22)3/h5-8,15-16H,4,9-14H2,1-3H3,(H,26,30). The smallest absolute Gasteiger partial charge is 0.243 e. The topological polar surface area (TPSA) is 113 Å². The molecule has 3 aromatic rings. The zero-order valence-corrected chi connectivity index (χ0v) is 21.0. The van der Waals surface area contributed by atoms with Crippen molar-refractivity contribution in [2.75, 3.05) is 31.5 Å². The van der Waals surface area contributed by atoms with Crippen LogP contribution in [0.2, 0.25) is 0 Å². The Kier molecular flexibility index (Phi) is 7.23. The zero-order valence-electron chi connectivity index (χ0n) is 20.2. The van der Waals surface area contributed by atoms with Crippen molar-refractivity contribution in [2.24, 2.45) is 0 Å². The van der Waals surface area contributed by atoms with Crippen LogP contribution >= 0.6 is 0 Å². The van der Waals surface area contributed by atoms with E-state index in [9.17, 15) is 18.0 Å². The van der Waals surface area contributed by atoms with Gasteiger partial charge in [-0.1, -0.05) is 19.1 Å². The molecule has 9 nitrogen and oxygen atoms in total. The van der Waals surface area contributed by atoms with Crippen molar-refractivity contribution in [3.05, 3.63) is 53.4 Å². The van der Waals surface area contributed by atoms with Crippen LogP contribution in [0.15, 0.2) is 45.7 Å². The van der Waals surface area contributed by atoms with Gasteiger partial charge in [0.05, 0.1) is 4.90 Å². The number of piperazine rings is 1. The fraction of sp³-hybridized carbons (Fsp3) is 0.400. The molecule has 1 fully saturated rings. The average molecular weight is 499 g/mol. The molecule has 0 unspecified atom stereocenters. The Hall–Kier alpha value is -3.24. The monoisotopic (exact) mass is 498 g/mol. The minimum Gasteiger partial charge on any atom is -0.441 e. The van der Waals surface area contributed by atoms with Gasteiger partial charge in [0.2, 0.25) is 21.8 Å². The fourth-order valence-corrected chi connectivity index (χ4v) is 5.84. The highest BCUT2D eigenvalue weighted by molar-refractivity contribution is 7.89. The average Bonchev–Trinajstić information content (AvgIpc) is 3.26. The molecule has 0 atom stereocenters. The van der Waals surface area contributed by atoms with E-state index < -0.39 is 10.0 Å². The van der Waals surface area contributed by atoms with Crippen LogP contribution in [0.5, 0.6) is 0 Å². The van der Waals surface area contributed by atoms with Gasteiger partial charge < -0.3 is 14.6 Å². The van der Waals surface area contributed by atoms with Gasteiger partial charge in [-0.15, -0.1) is 0 Å². The number of carbonyl (C=O) groups is 2. The second kappa shape index (κ2) is 10.2. The van der Waals surface area contributed by atoms with E-state index in [0.29, 0.717) is 52.6 Å². The molecule has 4 rings (SSSR count). The molecular formula is C25H30N4O5S. The molecule has 0 radical (unpaired) electrons. The number of benzene rings is 2. The number of anilines is 1. The number of aryl methyl sites for hydroxylation is 3. The number of oxazole rings is 1. The lowest BCUT2D eigenvalue weighted by Gasteiger charge is -2.34. The molecule has 35 heavy (non-hydrogen) atoms. The van der Waals surface area contributed by atoms with Crippen LogP contribution in [-0.4, -0.2) is 60.6 Å². The Morgan fingerprint density at radius 2 is 1.77 bits per heavy atom. The molecule has 186 valence electrons. The summed E-state index contributed by atoms with van der Waals surface area (Å²) in [6.45, 7) is 6.65. The first-order chi connectivity index (χ1) is 16.7. The molecule has 2 heterocycles. The minimum atomic E-state index is -3.62. The Bertz CT molecular complexity index is 1360. The molecule has 1 aromatic heterocycles. The highest BCUT2D eigenvalue weighted by atomic mass is 32.2. The van der Waals surface area contributed by atoms with Crippen molar-refractivity contribution < 1.29 is 22.4 Å². The predicted molar refractivity (Wildman–Crippen MR) is 133 cm³/mol. The molecular weight excluding hydrogens is 468 g/mol. The normalized spacial score (nSPS) is 14.9. The number of fused-ring (bicyclic) bond motifs is 1. The van der Waals surface area contributed by atoms with Crippen LogP contribution in [0, 0.1) is 13.8 Å². The van der Waals surface area contributed by atoms with Crippen molar-refractivity contribution >= 4 is 38.6 Å². The molecule has 1 aliphatic heterocycles. The number of nitrogens with zero attached hydrogens (tertiary/aromatic N) is 3. The first-order valence-corrected chi connectivity index (χ1v) is 13.2. The molecule has 0 aliphatic carbocycles. The second-order valence-corrected chi connectivity index (χ2v) is 10.7. The predicted octanol–water partition coefficient (Wildman–Crippen LogP) is 3.26. The lowest BCUT2D eigenvalue weighted by atomic mass is 10.2. The Morgan fingerprint density at radius 3 is 2.49 bits per heavy atom. The van der Waals surface area contributed by atoms with E-state index >= 15 is 0 Å². The molecule has 2 amide bonds. The third-order valence-corrected chi connectivity index (χ3v) is 8.18. The van der Waals surface area contributed by atoms with Crippen LogP contribution in [0.25, 0.3) is 11.1 Å². The number of carbonyl (C=O) groups excluding carboxylic acids is 2. The summed E-state index contributed by atoms with van der Waals surface area (Å²) < 4.78 is 33.2. The number of hydrogen-bond acceptors (Lipinski definition) is 6. The third kappa shape index (κ3) is 5.54. The van der Waals surface area contributed by atoms with Gasteiger partial charge in [0.1, 0.15) is 5.52 Å². The van der Waals surface area contributed by atoms with Gasteiger partial charge >= 0.3 is 0 Å². The van der Waals surface area contributed by atoms with Crippen LogP contribution in [0.3, 0.4) is 0 Å². The van der Waals surface area contributed by atoms with Gasteiger partial charge in [-0.3, -0.25) is 9.59 Å². The minimum absolute atomic E-state index is 0.0386. The van der Waals surface area contributed by atoms with Crippen molar-refractivity contribution in [2.45, 2.75) is 44.9 Å². The van der Waals surface area contributed by atoms with Gasteiger partial charge in [-0.05, 0) is 49.2 Å². The van der Waals surface area contributed by atoms with Gasteiger partial charge in [0.15, 0.2) is 11.5 Å². The van der Waals surface area contributed by atoms with Gasteiger partial charge in [0, 0.05) is 51.1 Å². The summed E-state index contributed by atoms with van der Waals surface area (Å²) in [6.07, 6.45) is 0.781. The maximum atomic E-state index is 13.1. The number of hydrogen-bond donors (Lipinski definition) is 1. The summed E-state index contributed by atoms with van der Waals surface area (Å²) in [4.78, 5) is 31.3. The van der Waals surface area contributed by atoms with Crippen molar-refractivity contribution in [1.29, 1.82) is 0 Å². The van der Waals surface area contributed by atoms with Crippen LogP contribution in [0.1, 0.15) is 36.8 Å². The zero-order chi connectivity index (χ0) is 25.2. The SMILES string of the molecule is CCc1nc2cc(NC(=O)CCC(=O)N3CCN(S(=O)(=O)c4cc(C)ccc4C)CC3)ccc2o1. The number of nitrogens with one attached hydrogen (secondary N) is 1. The molecule has 1 aliphatic rings. The summed E-state index contributed by atoms with van der Waals surface area (Å²) >= 11 is 0. The van der Waals surface area contributed by atoms with Crippen molar-refractivity contribution in [3.8, 4) is 0 Å². The summed E-state index contributed by atoms with van der Waals surface area (Å²) in [5, 5.41) is 2.80. The Morgan fingerprint density at radius 1 is 1.03 bits per heavy atom. The summed E-state index contributed by atoms with van der Waals surface area (Å²) in [6, 6.07) is 10.6. The lowest BCUT2D eigenvalue weighted by Crippen LogP contribution is -2.50. The van der Waals surface area contributed by atoms with E-state index in [-0.39, 0.29) is 37.7 Å². The van der Waals surface area contributed by atoms with Gasteiger partial charge in [0.25, 0.3) is 0 Å². The highest BCUT2D eigenvalue weighted by Gasteiger charge is 2.31. The highest BCUT2D eigenvalue weighted by Crippen LogP contribution is 2.23. The molecule has 1 saturated heterocycles. The van der Waals surface area contributed by atoms with Crippen molar-refractivity contribution in [1.82, 2.24) is 14.2 Å². The summed E-state index contributed by atoms with van der Waals surface area (Å²) in [7, 11) is -3.62.